The number of amides is 2. The molecular weight excluding hydrogens is 596 g/mol. The molecule has 0 unspecified atom stereocenters. The summed E-state index contributed by atoms with van der Waals surface area (Å²) < 4.78 is 12.4. The summed E-state index contributed by atoms with van der Waals surface area (Å²) in [5.41, 5.74) is -2.48. The van der Waals surface area contributed by atoms with Gasteiger partial charge in [-0.3, -0.25) is 14.4 Å². The monoisotopic (exact) mass is 667 g/mol. The fourth-order valence-corrected chi connectivity index (χ4v) is 7.60. The summed E-state index contributed by atoms with van der Waals surface area (Å²) in [4.78, 5) is 54.8. The van der Waals surface area contributed by atoms with Gasteiger partial charge in [0.2, 0.25) is 11.8 Å². The molecule has 1 fully saturated rings. The molecule has 9 nitrogen and oxygen atoms in total. The van der Waals surface area contributed by atoms with Crippen LogP contribution in [-0.2, 0) is 28.7 Å². The number of aliphatic carboxylic acids is 1. The molecule has 0 saturated carbocycles. The highest BCUT2D eigenvalue weighted by Gasteiger charge is 2.42. The Balaban J connectivity index is 3.04. The zero-order valence-corrected chi connectivity index (χ0v) is 32.6. The molecule has 0 aromatic heterocycles. The minimum Gasteiger partial charge on any atom is -0.481 e. The highest BCUT2D eigenvalue weighted by Crippen LogP contribution is 2.39. The molecule has 1 N–H and O–H groups in total. The highest BCUT2D eigenvalue weighted by molar-refractivity contribution is 5.83. The number of carboxylic acids is 1. The zero-order chi connectivity index (χ0) is 36.6. The summed E-state index contributed by atoms with van der Waals surface area (Å²) in [6, 6.07) is -0.0162. The van der Waals surface area contributed by atoms with E-state index in [0.29, 0.717) is 71.4 Å². The van der Waals surface area contributed by atoms with Gasteiger partial charge in [0.15, 0.2) is 0 Å². The van der Waals surface area contributed by atoms with Crippen molar-refractivity contribution in [1.82, 2.24) is 9.80 Å². The normalized spacial score (nSPS) is 15.9. The number of hydrogen-bond donors (Lipinski definition) is 1. The molecule has 0 atom stereocenters. The first kappa shape index (κ1) is 43.0. The number of nitrogens with zero attached hydrogens (tertiary/aromatic N) is 2. The van der Waals surface area contributed by atoms with Crippen LogP contribution in [0.3, 0.4) is 0 Å². The van der Waals surface area contributed by atoms with Gasteiger partial charge < -0.3 is 29.2 Å². The number of ketones is 1. The molecule has 1 aliphatic heterocycles. The smallest absolute Gasteiger partial charge is 0.303 e. The minimum atomic E-state index is -0.836. The van der Waals surface area contributed by atoms with E-state index in [-0.39, 0.29) is 40.9 Å². The second-order valence-electron chi connectivity index (χ2n) is 18.6. The molecule has 0 aromatic carbocycles. The number of hydrogen-bond acceptors (Lipinski definition) is 6. The second-order valence-corrected chi connectivity index (χ2v) is 18.6. The Bertz CT molecular complexity index is 1060. The van der Waals surface area contributed by atoms with Gasteiger partial charge in [-0.2, -0.15) is 0 Å². The summed E-state index contributed by atoms with van der Waals surface area (Å²) >= 11 is 0. The maximum Gasteiger partial charge on any atom is 0.303 e. The van der Waals surface area contributed by atoms with E-state index in [0.717, 1.165) is 6.42 Å². The molecule has 47 heavy (non-hydrogen) atoms. The SMILES string of the molecule is CC(=O)CC(C)(C)CC(C)(C)C(=O)N(CCOC(C)(C)CCOC(C)(C)CCC(=O)O)C1CCN(C(=O)C(C)(C)CC(C)(C)C)CC1. The molecule has 0 aromatic rings. The number of likely N-dealkylation sites (tertiary alicyclic amines) is 1. The first-order chi connectivity index (χ1) is 21.1. The van der Waals surface area contributed by atoms with Gasteiger partial charge in [0, 0.05) is 49.3 Å². The first-order valence-electron chi connectivity index (χ1n) is 17.7. The van der Waals surface area contributed by atoms with Crippen LogP contribution >= 0.6 is 0 Å². The highest BCUT2D eigenvalue weighted by atomic mass is 16.5. The Morgan fingerprint density at radius 2 is 1.26 bits per heavy atom. The van der Waals surface area contributed by atoms with E-state index < -0.39 is 28.0 Å². The predicted molar refractivity (Wildman–Crippen MR) is 188 cm³/mol. The lowest BCUT2D eigenvalue weighted by Gasteiger charge is -2.45. The molecule has 2 amide bonds. The van der Waals surface area contributed by atoms with E-state index in [1.54, 1.807) is 6.92 Å². The molecule has 0 spiro atoms. The number of ether oxygens (including phenoxy) is 2. The number of rotatable bonds is 19. The van der Waals surface area contributed by atoms with Crippen LogP contribution < -0.4 is 0 Å². The van der Waals surface area contributed by atoms with Gasteiger partial charge in [0.05, 0.1) is 24.4 Å². The fraction of sp³-hybridized carbons (Fsp3) is 0.895. The molecule has 0 aliphatic carbocycles. The summed E-state index contributed by atoms with van der Waals surface area (Å²) in [6.07, 6.45) is 4.31. The molecule has 9 heteroatoms. The minimum absolute atomic E-state index is 0.0162. The maximum absolute atomic E-state index is 14.3. The van der Waals surface area contributed by atoms with Crippen molar-refractivity contribution in [3.63, 3.8) is 0 Å². The number of Topliss-reactive ketones (excluding diaryl/α,β-unsaturated/α-hetero) is 1. The molecule has 0 bridgehead atoms. The Kier molecular flexibility index (Phi) is 15.2. The Labute approximate surface area is 286 Å². The predicted octanol–water partition coefficient (Wildman–Crippen LogP) is 7.54. The van der Waals surface area contributed by atoms with Crippen LogP contribution in [0.2, 0.25) is 0 Å². The Morgan fingerprint density at radius 3 is 1.74 bits per heavy atom. The van der Waals surface area contributed by atoms with Gasteiger partial charge in [0.25, 0.3) is 0 Å². The van der Waals surface area contributed by atoms with Gasteiger partial charge in [-0.05, 0) is 84.0 Å². The zero-order valence-electron chi connectivity index (χ0n) is 32.6. The van der Waals surface area contributed by atoms with Crippen molar-refractivity contribution >= 4 is 23.6 Å². The van der Waals surface area contributed by atoms with Gasteiger partial charge in [-0.25, -0.2) is 0 Å². The third-order valence-electron chi connectivity index (χ3n) is 9.19. The number of carboxylic acid groups (broad SMARTS) is 1. The van der Waals surface area contributed by atoms with Crippen molar-refractivity contribution in [2.24, 2.45) is 21.7 Å². The molecule has 1 rings (SSSR count). The van der Waals surface area contributed by atoms with Gasteiger partial charge >= 0.3 is 5.97 Å². The fourth-order valence-electron chi connectivity index (χ4n) is 7.60. The quantitative estimate of drug-likeness (QED) is 0.152. The average molecular weight is 667 g/mol. The van der Waals surface area contributed by atoms with E-state index >= 15 is 0 Å². The molecule has 1 saturated heterocycles. The van der Waals surface area contributed by atoms with Crippen molar-refractivity contribution in [3.05, 3.63) is 0 Å². The lowest BCUT2D eigenvalue weighted by Crippen LogP contribution is -2.55. The van der Waals surface area contributed by atoms with Gasteiger partial charge in [-0.15, -0.1) is 0 Å². The number of carbonyl (C=O) groups is 4. The van der Waals surface area contributed by atoms with Crippen molar-refractivity contribution < 1.29 is 33.8 Å². The van der Waals surface area contributed by atoms with Gasteiger partial charge in [0.1, 0.15) is 5.78 Å². The van der Waals surface area contributed by atoms with Crippen molar-refractivity contribution in [2.75, 3.05) is 32.8 Å². The topological polar surface area (TPSA) is 113 Å². The van der Waals surface area contributed by atoms with Crippen molar-refractivity contribution in [1.29, 1.82) is 0 Å². The van der Waals surface area contributed by atoms with Crippen LogP contribution in [0.15, 0.2) is 0 Å². The van der Waals surface area contributed by atoms with Crippen LogP contribution in [0.5, 0.6) is 0 Å². The lowest BCUT2D eigenvalue weighted by molar-refractivity contribution is -0.150. The second kappa shape index (κ2) is 16.6. The van der Waals surface area contributed by atoms with Crippen molar-refractivity contribution in [2.45, 2.75) is 166 Å². The van der Waals surface area contributed by atoms with Crippen LogP contribution in [-0.4, -0.2) is 88.6 Å². The molecule has 0 radical (unpaired) electrons. The Hall–Kier alpha value is -2.00. The molecule has 1 heterocycles. The first-order valence-corrected chi connectivity index (χ1v) is 17.7. The summed E-state index contributed by atoms with van der Waals surface area (Å²) in [6.45, 7) is 30.5. The third kappa shape index (κ3) is 15.8. The maximum atomic E-state index is 14.3. The molecule has 274 valence electrons. The van der Waals surface area contributed by atoms with E-state index in [4.69, 9.17) is 14.6 Å². The lowest BCUT2D eigenvalue weighted by atomic mass is 9.72. The summed E-state index contributed by atoms with van der Waals surface area (Å²) in [7, 11) is 0. The van der Waals surface area contributed by atoms with Crippen LogP contribution in [0.4, 0.5) is 0 Å². The average Bonchev–Trinajstić information content (AvgIpc) is 2.86. The van der Waals surface area contributed by atoms with E-state index in [1.165, 1.54) is 0 Å². The van der Waals surface area contributed by atoms with Crippen LogP contribution in [0.25, 0.3) is 0 Å². The van der Waals surface area contributed by atoms with E-state index in [2.05, 4.69) is 20.8 Å². The van der Waals surface area contributed by atoms with Crippen LogP contribution in [0.1, 0.15) is 148 Å². The van der Waals surface area contributed by atoms with Crippen LogP contribution in [0, 0.1) is 21.7 Å². The third-order valence-corrected chi connectivity index (χ3v) is 9.19. The van der Waals surface area contributed by atoms with E-state index in [9.17, 15) is 19.2 Å². The van der Waals surface area contributed by atoms with E-state index in [1.807, 2.05) is 79.0 Å². The molecule has 1 aliphatic rings. The summed E-state index contributed by atoms with van der Waals surface area (Å²) in [5, 5.41) is 9.02. The standard InChI is InChI=1S/C38H70N2O7/c1-28(41)25-34(5,6)27-36(9,10)32(45)40(22-24-47-38(13,14)19-23-46-37(11,12)18-15-30(42)43)29-16-20-39(21-17-29)31(44)35(7,8)26-33(2,3)4/h29H,15-27H2,1-14H3,(H,42,43). The Morgan fingerprint density at radius 1 is 0.745 bits per heavy atom. The largest absolute Gasteiger partial charge is 0.481 e. The number of carbonyl (C=O) groups excluding carboxylic acids is 3. The van der Waals surface area contributed by atoms with Crippen molar-refractivity contribution in [3.8, 4) is 0 Å². The number of piperidine rings is 1. The summed E-state index contributed by atoms with van der Waals surface area (Å²) in [5.74, 6) is -0.492. The molecular formula is C38H70N2O7. The van der Waals surface area contributed by atoms with Gasteiger partial charge in [-0.1, -0.05) is 62.3 Å².